The third-order valence-electron chi connectivity index (χ3n) is 10.2. The number of fused-ring (bicyclic) bond motifs is 2. The summed E-state index contributed by atoms with van der Waals surface area (Å²) in [5.41, 5.74) is 0.898. The zero-order valence-electron chi connectivity index (χ0n) is 37.1. The molecule has 378 valence electrons. The molecule has 0 spiro atoms. The van der Waals surface area contributed by atoms with Crippen LogP contribution in [0, 0.1) is 13.8 Å². The summed E-state index contributed by atoms with van der Waals surface area (Å²) < 4.78 is 151. The average molecular weight is 1100 g/mol. The van der Waals surface area contributed by atoms with Gasteiger partial charge in [0, 0.05) is 52.4 Å². The molecule has 72 heavy (non-hydrogen) atoms. The molecular formula is C44H35ClF6N8O9S4. The van der Waals surface area contributed by atoms with Crippen LogP contribution < -0.4 is 34.0 Å². The largest absolute Gasteiger partial charge is 0.497 e. The van der Waals surface area contributed by atoms with Gasteiger partial charge in [-0.25, -0.2) is 26.8 Å². The molecule has 0 fully saturated rings. The Labute approximate surface area is 418 Å². The molecule has 5 aromatic carbocycles. The molecule has 17 nitrogen and oxygen atoms in total. The van der Waals surface area contributed by atoms with Crippen LogP contribution in [-0.4, -0.2) is 67.7 Å². The first-order valence-corrected chi connectivity index (χ1v) is 25.7. The second-order valence-electron chi connectivity index (χ2n) is 15.0. The molecule has 2 amide bonds. The molecule has 2 aliphatic heterocycles. The van der Waals surface area contributed by atoms with Gasteiger partial charge in [-0.1, -0.05) is 12.1 Å². The van der Waals surface area contributed by atoms with Crippen LogP contribution in [0.1, 0.15) is 27.8 Å². The number of carbonyl (C=O) groups excluding carboxylic acids is 2. The van der Waals surface area contributed by atoms with E-state index in [1.807, 2.05) is 24.3 Å². The van der Waals surface area contributed by atoms with E-state index in [4.69, 9.17) is 24.9 Å². The van der Waals surface area contributed by atoms with Gasteiger partial charge in [-0.2, -0.15) is 35.1 Å². The number of benzene rings is 5. The fourth-order valence-corrected chi connectivity index (χ4v) is 9.71. The Morgan fingerprint density at radius 3 is 1.54 bits per heavy atom. The van der Waals surface area contributed by atoms with Crippen molar-refractivity contribution in [2.24, 2.45) is 0 Å². The van der Waals surface area contributed by atoms with E-state index in [0.717, 1.165) is 59.3 Å². The summed E-state index contributed by atoms with van der Waals surface area (Å²) in [6.07, 6.45) is -6.27. The predicted octanol–water partition coefficient (Wildman–Crippen LogP) is 9.88. The van der Waals surface area contributed by atoms with Crippen molar-refractivity contribution in [3.63, 3.8) is 0 Å². The van der Waals surface area contributed by atoms with Crippen LogP contribution in [0.15, 0.2) is 120 Å². The average Bonchev–Trinajstić information content (AvgIpc) is 4.06. The summed E-state index contributed by atoms with van der Waals surface area (Å²) in [5, 5.41) is 4.10. The van der Waals surface area contributed by atoms with Crippen molar-refractivity contribution < 1.29 is 67.0 Å². The minimum Gasteiger partial charge on any atom is -0.497 e. The Bertz CT molecular complexity index is 3330. The number of aryl methyl sites for hydroxylation is 2. The Morgan fingerprint density at radius 2 is 1.11 bits per heavy atom. The van der Waals surface area contributed by atoms with E-state index in [1.54, 1.807) is 13.4 Å². The lowest BCUT2D eigenvalue weighted by atomic mass is 10.1. The summed E-state index contributed by atoms with van der Waals surface area (Å²) in [5.74, 6) is 0.0547. The van der Waals surface area contributed by atoms with E-state index in [-0.39, 0.29) is 66.9 Å². The Balaban J connectivity index is 0.000000168. The summed E-state index contributed by atoms with van der Waals surface area (Å²) >= 11 is 2.21. The van der Waals surface area contributed by atoms with Gasteiger partial charge in [-0.15, -0.1) is 0 Å². The van der Waals surface area contributed by atoms with Gasteiger partial charge >= 0.3 is 12.4 Å². The Morgan fingerprint density at radius 1 is 0.653 bits per heavy atom. The fourth-order valence-electron chi connectivity index (χ4n) is 6.84. The monoisotopic (exact) mass is 1100 g/mol. The summed E-state index contributed by atoms with van der Waals surface area (Å²) in [6, 6.07) is 21.5. The third kappa shape index (κ3) is 12.5. The Kier molecular flexibility index (Phi) is 15.6. The Hall–Kier alpha value is -7.07. The molecule has 0 atom stereocenters. The van der Waals surface area contributed by atoms with E-state index in [1.165, 1.54) is 89.5 Å². The highest BCUT2D eigenvalue weighted by atomic mass is 35.7. The maximum Gasteiger partial charge on any atom is 0.416 e. The maximum atomic E-state index is 13.0. The lowest BCUT2D eigenvalue weighted by Crippen LogP contribution is -2.35. The number of amides is 2. The molecule has 9 rings (SSSR count). The van der Waals surface area contributed by atoms with Crippen LogP contribution in [0.2, 0.25) is 0 Å². The molecule has 0 radical (unpaired) electrons. The highest BCUT2D eigenvalue weighted by Crippen LogP contribution is 2.43. The quantitative estimate of drug-likeness (QED) is 0.0964. The van der Waals surface area contributed by atoms with E-state index in [9.17, 15) is 52.8 Å². The molecule has 2 aromatic heterocycles. The van der Waals surface area contributed by atoms with Gasteiger partial charge in [0.2, 0.25) is 10.3 Å². The number of sulfonamides is 1. The molecular weight excluding hydrogens is 1060 g/mol. The first-order chi connectivity index (χ1) is 33.9. The SMILES string of the molecule is COc1ccc(CNc2ncns2)cc1.Cc1cc(C(F)(F)F)ccc1N1C(=O)COc2cc(S(=O)(=O)Cl)ccc21.Cc1cc(C(F)(F)F)ccc1N1C(=O)COc2cc(S(=O)(=O)Nc3ncns3)ccc21. The number of rotatable bonds is 10. The molecule has 2 aliphatic rings. The summed E-state index contributed by atoms with van der Waals surface area (Å²) in [4.78, 5) is 34.7. The van der Waals surface area contributed by atoms with Crippen molar-refractivity contribution in [3.05, 3.63) is 138 Å². The van der Waals surface area contributed by atoms with E-state index >= 15 is 0 Å². The lowest BCUT2D eigenvalue weighted by molar-refractivity contribution is -0.138. The van der Waals surface area contributed by atoms with E-state index in [2.05, 4.69) is 28.8 Å². The van der Waals surface area contributed by atoms with Crippen molar-refractivity contribution in [1.29, 1.82) is 0 Å². The van der Waals surface area contributed by atoms with Crippen LogP contribution in [0.25, 0.3) is 0 Å². The van der Waals surface area contributed by atoms with Crippen molar-refractivity contribution in [1.82, 2.24) is 18.7 Å². The van der Waals surface area contributed by atoms with E-state index in [0.29, 0.717) is 0 Å². The molecule has 28 heteroatoms. The van der Waals surface area contributed by atoms with Gasteiger partial charge in [-0.05, 0) is 103 Å². The van der Waals surface area contributed by atoms with Crippen molar-refractivity contribution in [3.8, 4) is 17.2 Å². The first-order valence-electron chi connectivity index (χ1n) is 20.4. The number of nitrogens with zero attached hydrogens (tertiary/aromatic N) is 6. The highest BCUT2D eigenvalue weighted by Gasteiger charge is 2.35. The van der Waals surface area contributed by atoms with E-state index < -0.39 is 61.0 Å². The standard InChI is InChI=1S/C18H13F3N4O4S2.C16H11ClF3NO4S.C10H11N3OS/c1-10-6-11(18(19,20)21)2-4-13(10)25-14-5-3-12(7-15(14)29-8-16(25)26)31(27,28)24-17-22-9-23-30-17;1-9-6-10(16(18,19)20)2-4-12(9)21-13-5-3-11(26(17,23)24)7-14(13)25-8-15(21)22;1-14-9-4-2-8(3-5-9)6-11-10-12-7-13-15-10/h2-7,9H,8H2,1H3,(H,22,23,24);2-7H,8H2,1H3;2-5,7H,6H2,1H3,(H,11,12,13). The van der Waals surface area contributed by atoms with Gasteiger partial charge in [-0.3, -0.25) is 24.1 Å². The number of anilines is 6. The van der Waals surface area contributed by atoms with Crippen molar-refractivity contribution in [2.75, 3.05) is 40.2 Å². The zero-order valence-corrected chi connectivity index (χ0v) is 41.2. The second kappa shape index (κ2) is 21.3. The molecule has 7 aromatic rings. The minimum absolute atomic E-state index is 0.0795. The zero-order chi connectivity index (χ0) is 52.2. The number of aromatic nitrogens is 4. The van der Waals surface area contributed by atoms with Crippen LogP contribution in [0.3, 0.4) is 0 Å². The molecule has 2 N–H and O–H groups in total. The molecule has 0 bridgehead atoms. The normalized spacial score (nSPS) is 13.5. The molecule has 0 unspecified atom stereocenters. The van der Waals surface area contributed by atoms with Gasteiger partial charge in [0.15, 0.2) is 13.2 Å². The molecule has 0 aliphatic carbocycles. The number of halogens is 7. The van der Waals surface area contributed by atoms with Gasteiger partial charge in [0.25, 0.3) is 30.9 Å². The van der Waals surface area contributed by atoms with Gasteiger partial charge < -0.3 is 19.5 Å². The number of methoxy groups -OCH3 is 1. The van der Waals surface area contributed by atoms with Crippen molar-refractivity contribution >= 4 is 97.6 Å². The first kappa shape index (κ1) is 52.7. The predicted molar refractivity (Wildman–Crippen MR) is 255 cm³/mol. The van der Waals surface area contributed by atoms with Crippen LogP contribution in [0.4, 0.5) is 59.4 Å². The lowest BCUT2D eigenvalue weighted by Gasteiger charge is -2.31. The van der Waals surface area contributed by atoms with Crippen LogP contribution >= 0.6 is 33.7 Å². The smallest absolute Gasteiger partial charge is 0.416 e. The number of nitrogens with one attached hydrogen (secondary N) is 2. The number of ether oxygens (including phenoxy) is 3. The fraction of sp³-hybridized carbons (Fsp3) is 0.182. The van der Waals surface area contributed by atoms with Gasteiger partial charge in [0.05, 0.1) is 50.8 Å². The number of hydrogen-bond acceptors (Lipinski definition) is 16. The molecule has 4 heterocycles. The second-order valence-corrected chi connectivity index (χ2v) is 20.8. The molecule has 0 saturated heterocycles. The van der Waals surface area contributed by atoms with Crippen molar-refractivity contribution in [2.45, 2.75) is 42.5 Å². The van der Waals surface area contributed by atoms with Crippen LogP contribution in [0.5, 0.6) is 17.2 Å². The van der Waals surface area contributed by atoms with Crippen LogP contribution in [-0.2, 0) is 47.6 Å². The molecule has 0 saturated carbocycles. The van der Waals surface area contributed by atoms with Gasteiger partial charge in [0.1, 0.15) is 29.9 Å². The number of hydrogen-bond donors (Lipinski definition) is 2. The maximum absolute atomic E-state index is 13.0. The highest BCUT2D eigenvalue weighted by molar-refractivity contribution is 8.13. The number of alkyl halides is 6. The minimum atomic E-state index is -4.51. The third-order valence-corrected chi connectivity index (χ3v) is 14.2. The topological polar surface area (TPSA) is 212 Å². The number of carbonyl (C=O) groups is 2. The summed E-state index contributed by atoms with van der Waals surface area (Å²) in [6.45, 7) is 2.86. The summed E-state index contributed by atoms with van der Waals surface area (Å²) in [7, 11) is -1.03.